The van der Waals surface area contributed by atoms with E-state index in [0.29, 0.717) is 11.6 Å². The Balaban J connectivity index is 2.58. The van der Waals surface area contributed by atoms with Crippen molar-refractivity contribution in [2.24, 2.45) is 11.8 Å². The van der Waals surface area contributed by atoms with Crippen molar-refractivity contribution in [1.29, 1.82) is 0 Å². The molecule has 1 amide bonds. The Kier molecular flexibility index (Phi) is 6.02. The summed E-state index contributed by atoms with van der Waals surface area (Å²) in [7, 11) is 0. The average molecular weight is 267 g/mol. The van der Waals surface area contributed by atoms with Gasteiger partial charge in [0.1, 0.15) is 5.69 Å². The molecule has 1 atom stereocenters. The maximum Gasteiger partial charge on any atom is 0.272 e. The fourth-order valence-electron chi connectivity index (χ4n) is 1.72. The molecule has 0 saturated carbocycles. The molecule has 0 aliphatic carbocycles. The third-order valence-electron chi connectivity index (χ3n) is 3.17. The number of nitrogens with one attached hydrogen (secondary N) is 2. The number of rotatable bonds is 7. The summed E-state index contributed by atoms with van der Waals surface area (Å²) in [4.78, 5) is 12.0. The molecule has 3 N–H and O–H groups in total. The topological polar surface area (TPSA) is 78.0 Å². The van der Waals surface area contributed by atoms with Crippen LogP contribution in [0.25, 0.3) is 0 Å². The van der Waals surface area contributed by atoms with Crippen LogP contribution in [0.4, 0.5) is 0 Å². The van der Waals surface area contributed by atoms with Crippen molar-refractivity contribution in [3.05, 3.63) is 17.5 Å². The van der Waals surface area contributed by atoms with Gasteiger partial charge in [-0.05, 0) is 30.7 Å². The predicted octanol–water partition coefficient (Wildman–Crippen LogP) is 1.74. The van der Waals surface area contributed by atoms with E-state index >= 15 is 0 Å². The zero-order chi connectivity index (χ0) is 14.4. The van der Waals surface area contributed by atoms with E-state index in [0.717, 1.165) is 18.5 Å². The molecule has 5 heteroatoms. The minimum atomic E-state index is -0.236. The third kappa shape index (κ3) is 5.03. The Morgan fingerprint density at radius 1 is 1.42 bits per heavy atom. The summed E-state index contributed by atoms with van der Waals surface area (Å²) >= 11 is 0. The van der Waals surface area contributed by atoms with Gasteiger partial charge in [0, 0.05) is 5.69 Å². The lowest BCUT2D eigenvalue weighted by molar-refractivity contribution is 0.0891. The highest BCUT2D eigenvalue weighted by Crippen LogP contribution is 2.09. The lowest BCUT2D eigenvalue weighted by atomic mass is 10.1. The minimum Gasteiger partial charge on any atom is -0.394 e. The molecule has 0 aromatic carbocycles. The van der Waals surface area contributed by atoms with Crippen LogP contribution in [0.3, 0.4) is 0 Å². The first-order chi connectivity index (χ1) is 8.93. The highest BCUT2D eigenvalue weighted by molar-refractivity contribution is 5.92. The average Bonchev–Trinajstić information content (AvgIpc) is 2.81. The van der Waals surface area contributed by atoms with Gasteiger partial charge in [-0.25, -0.2) is 0 Å². The standard InChI is InChI=1S/C14H25N3O2/c1-9(2)5-6-11-7-12(17-16-11)14(19)15-13(8-18)10(3)4/h7,9-10,13,18H,5-6,8H2,1-4H3,(H,15,19)(H,16,17)/t13-/m0/s1. The molecule has 0 fully saturated rings. The molecule has 0 spiro atoms. The van der Waals surface area contributed by atoms with Crippen molar-refractivity contribution in [2.45, 2.75) is 46.6 Å². The van der Waals surface area contributed by atoms with Crippen molar-refractivity contribution in [1.82, 2.24) is 15.5 Å². The van der Waals surface area contributed by atoms with Crippen LogP contribution in [0.1, 0.15) is 50.3 Å². The van der Waals surface area contributed by atoms with E-state index in [4.69, 9.17) is 0 Å². The third-order valence-corrected chi connectivity index (χ3v) is 3.17. The number of carbonyl (C=O) groups excluding carboxylic acids is 1. The number of aliphatic hydroxyl groups is 1. The zero-order valence-corrected chi connectivity index (χ0v) is 12.2. The Bertz CT molecular complexity index is 399. The number of H-pyrrole nitrogens is 1. The molecule has 1 aromatic rings. The largest absolute Gasteiger partial charge is 0.394 e. The summed E-state index contributed by atoms with van der Waals surface area (Å²) in [6.07, 6.45) is 1.96. The lowest BCUT2D eigenvalue weighted by Gasteiger charge is -2.18. The Hall–Kier alpha value is -1.36. The van der Waals surface area contributed by atoms with Gasteiger partial charge in [-0.2, -0.15) is 5.10 Å². The maximum atomic E-state index is 12.0. The summed E-state index contributed by atoms with van der Waals surface area (Å²) in [5.41, 5.74) is 1.36. The second-order valence-corrected chi connectivity index (χ2v) is 5.72. The molecule has 5 nitrogen and oxygen atoms in total. The highest BCUT2D eigenvalue weighted by atomic mass is 16.3. The molecule has 0 radical (unpaired) electrons. The number of aliphatic hydroxyl groups excluding tert-OH is 1. The van der Waals surface area contributed by atoms with Gasteiger partial charge in [0.05, 0.1) is 12.6 Å². The second-order valence-electron chi connectivity index (χ2n) is 5.72. The first-order valence-electron chi connectivity index (χ1n) is 6.90. The second kappa shape index (κ2) is 7.28. The van der Waals surface area contributed by atoms with Crippen LogP contribution in [-0.4, -0.2) is 33.9 Å². The van der Waals surface area contributed by atoms with E-state index in [1.54, 1.807) is 6.07 Å². The van der Waals surface area contributed by atoms with Gasteiger partial charge in [0.15, 0.2) is 0 Å². The van der Waals surface area contributed by atoms with Crippen LogP contribution in [0, 0.1) is 11.8 Å². The van der Waals surface area contributed by atoms with Gasteiger partial charge in [0.25, 0.3) is 5.91 Å². The molecular weight excluding hydrogens is 242 g/mol. The Morgan fingerprint density at radius 3 is 2.63 bits per heavy atom. The lowest BCUT2D eigenvalue weighted by Crippen LogP contribution is -2.41. The van der Waals surface area contributed by atoms with E-state index in [1.165, 1.54) is 0 Å². The number of aromatic nitrogens is 2. The smallest absolute Gasteiger partial charge is 0.272 e. The van der Waals surface area contributed by atoms with Crippen LogP contribution in [0.15, 0.2) is 6.07 Å². The van der Waals surface area contributed by atoms with Gasteiger partial charge in [-0.3, -0.25) is 9.89 Å². The van der Waals surface area contributed by atoms with Crippen molar-refractivity contribution >= 4 is 5.91 Å². The van der Waals surface area contributed by atoms with Crippen LogP contribution >= 0.6 is 0 Å². The quantitative estimate of drug-likeness (QED) is 0.704. The minimum absolute atomic E-state index is 0.0615. The van der Waals surface area contributed by atoms with Crippen molar-refractivity contribution < 1.29 is 9.90 Å². The van der Waals surface area contributed by atoms with E-state index in [1.807, 2.05) is 13.8 Å². The first kappa shape index (κ1) is 15.7. The number of nitrogens with zero attached hydrogens (tertiary/aromatic N) is 1. The van der Waals surface area contributed by atoms with Gasteiger partial charge >= 0.3 is 0 Å². The van der Waals surface area contributed by atoms with Gasteiger partial charge in [0.2, 0.25) is 0 Å². The number of carbonyl (C=O) groups is 1. The van der Waals surface area contributed by atoms with Crippen molar-refractivity contribution in [3.8, 4) is 0 Å². The molecule has 0 bridgehead atoms. The van der Waals surface area contributed by atoms with E-state index in [9.17, 15) is 9.90 Å². The van der Waals surface area contributed by atoms with E-state index in [-0.39, 0.29) is 24.5 Å². The molecule has 0 saturated heterocycles. The number of aryl methyl sites for hydroxylation is 1. The van der Waals surface area contributed by atoms with Crippen molar-refractivity contribution in [3.63, 3.8) is 0 Å². The summed E-state index contributed by atoms with van der Waals surface area (Å²) in [5.74, 6) is 0.577. The number of hydrogen-bond acceptors (Lipinski definition) is 3. The SMILES string of the molecule is CC(C)CCc1cc(C(=O)N[C@@H](CO)C(C)C)n[nH]1. The molecule has 19 heavy (non-hydrogen) atoms. The monoisotopic (exact) mass is 267 g/mol. The number of amides is 1. The molecule has 1 rings (SSSR count). The Labute approximate surface area is 114 Å². The van der Waals surface area contributed by atoms with Crippen molar-refractivity contribution in [2.75, 3.05) is 6.61 Å². The molecular formula is C14H25N3O2. The molecule has 0 unspecified atom stereocenters. The van der Waals surface area contributed by atoms with E-state index in [2.05, 4.69) is 29.4 Å². The molecule has 1 heterocycles. The van der Waals surface area contributed by atoms with Crippen LogP contribution in [-0.2, 0) is 6.42 Å². The fourth-order valence-corrected chi connectivity index (χ4v) is 1.72. The first-order valence-corrected chi connectivity index (χ1v) is 6.90. The van der Waals surface area contributed by atoms with Crippen LogP contribution in [0.5, 0.6) is 0 Å². The van der Waals surface area contributed by atoms with Crippen LogP contribution < -0.4 is 5.32 Å². The summed E-state index contributed by atoms with van der Waals surface area (Å²) in [5, 5.41) is 18.9. The summed E-state index contributed by atoms with van der Waals surface area (Å²) < 4.78 is 0. The molecule has 108 valence electrons. The fraction of sp³-hybridized carbons (Fsp3) is 0.714. The Morgan fingerprint density at radius 2 is 2.11 bits per heavy atom. The van der Waals surface area contributed by atoms with E-state index < -0.39 is 0 Å². The number of hydrogen-bond donors (Lipinski definition) is 3. The number of aromatic amines is 1. The van der Waals surface area contributed by atoms with Gasteiger partial charge in [-0.15, -0.1) is 0 Å². The maximum absolute atomic E-state index is 12.0. The molecule has 0 aliphatic rings. The predicted molar refractivity (Wildman–Crippen MR) is 74.9 cm³/mol. The van der Waals surface area contributed by atoms with Gasteiger partial charge < -0.3 is 10.4 Å². The molecule has 1 aromatic heterocycles. The summed E-state index contributed by atoms with van der Waals surface area (Å²) in [6.45, 7) is 8.19. The summed E-state index contributed by atoms with van der Waals surface area (Å²) in [6, 6.07) is 1.55. The molecule has 0 aliphatic heterocycles. The van der Waals surface area contributed by atoms with Crippen LogP contribution in [0.2, 0.25) is 0 Å². The highest BCUT2D eigenvalue weighted by Gasteiger charge is 2.18. The zero-order valence-electron chi connectivity index (χ0n) is 12.2. The van der Waals surface area contributed by atoms with Gasteiger partial charge in [-0.1, -0.05) is 27.7 Å². The normalized spacial score (nSPS) is 13.0.